The number of thioether (sulfide) groups is 1. The Morgan fingerprint density at radius 1 is 1.12 bits per heavy atom. The molecule has 1 saturated carbocycles. The number of nitrogens with one attached hydrogen (secondary N) is 1. The fourth-order valence-electron chi connectivity index (χ4n) is 2.47. The number of aromatic nitrogens is 2. The van der Waals surface area contributed by atoms with Gasteiger partial charge in [0.05, 0.1) is 0 Å². The SMILES string of the molecule is O=C(NC1CC1)[C@H](Sc1nnc(-c2ccc(Cl)cc2)o1)c1ccccc1. The van der Waals surface area contributed by atoms with Gasteiger partial charge in [-0.05, 0) is 54.4 Å². The topological polar surface area (TPSA) is 68.0 Å². The Balaban J connectivity index is 1.55. The number of halogens is 1. The van der Waals surface area contributed by atoms with Gasteiger partial charge in [-0.2, -0.15) is 0 Å². The average molecular weight is 386 g/mol. The number of benzene rings is 2. The molecule has 0 radical (unpaired) electrons. The molecule has 1 amide bonds. The van der Waals surface area contributed by atoms with Crippen LogP contribution in [0.4, 0.5) is 0 Å². The fraction of sp³-hybridized carbons (Fsp3) is 0.211. The first-order valence-electron chi connectivity index (χ1n) is 8.30. The minimum atomic E-state index is -0.435. The highest BCUT2D eigenvalue weighted by molar-refractivity contribution is 8.00. The van der Waals surface area contributed by atoms with E-state index in [0.717, 1.165) is 24.0 Å². The van der Waals surface area contributed by atoms with Crippen molar-refractivity contribution in [2.24, 2.45) is 0 Å². The van der Waals surface area contributed by atoms with Gasteiger partial charge in [0.2, 0.25) is 11.8 Å². The highest BCUT2D eigenvalue weighted by atomic mass is 35.5. The van der Waals surface area contributed by atoms with Crippen molar-refractivity contribution in [2.75, 3.05) is 0 Å². The molecule has 0 saturated heterocycles. The summed E-state index contributed by atoms with van der Waals surface area (Å²) >= 11 is 7.17. The molecule has 1 aliphatic rings. The van der Waals surface area contributed by atoms with Crippen LogP contribution in [0.1, 0.15) is 23.7 Å². The van der Waals surface area contributed by atoms with Crippen molar-refractivity contribution in [1.82, 2.24) is 15.5 Å². The summed E-state index contributed by atoms with van der Waals surface area (Å²) in [5, 5.41) is 11.8. The lowest BCUT2D eigenvalue weighted by atomic mass is 10.1. The quantitative estimate of drug-likeness (QED) is 0.632. The second-order valence-electron chi connectivity index (χ2n) is 6.07. The molecule has 4 rings (SSSR count). The Kier molecular flexibility index (Phi) is 4.95. The number of carbonyl (C=O) groups is 1. The molecular weight excluding hydrogens is 370 g/mol. The largest absolute Gasteiger partial charge is 0.411 e. The van der Waals surface area contributed by atoms with Gasteiger partial charge in [0.1, 0.15) is 5.25 Å². The van der Waals surface area contributed by atoms with Crippen molar-refractivity contribution in [3.8, 4) is 11.5 Å². The Bertz CT molecular complexity index is 895. The lowest BCUT2D eigenvalue weighted by Crippen LogP contribution is -2.29. The summed E-state index contributed by atoms with van der Waals surface area (Å²) < 4.78 is 5.75. The second-order valence-corrected chi connectivity index (χ2v) is 7.56. The first-order valence-corrected chi connectivity index (χ1v) is 9.56. The van der Waals surface area contributed by atoms with Crippen LogP contribution >= 0.6 is 23.4 Å². The van der Waals surface area contributed by atoms with Crippen molar-refractivity contribution >= 4 is 29.3 Å². The molecule has 3 aromatic rings. The zero-order valence-corrected chi connectivity index (χ0v) is 15.3. The molecule has 1 N–H and O–H groups in total. The third-order valence-electron chi connectivity index (χ3n) is 3.98. The zero-order valence-electron chi connectivity index (χ0n) is 13.8. The predicted molar refractivity (Wildman–Crippen MR) is 101 cm³/mol. The van der Waals surface area contributed by atoms with Crippen LogP contribution in [-0.4, -0.2) is 22.1 Å². The monoisotopic (exact) mass is 385 g/mol. The summed E-state index contributed by atoms with van der Waals surface area (Å²) in [6.45, 7) is 0. The summed E-state index contributed by atoms with van der Waals surface area (Å²) in [6.07, 6.45) is 2.08. The van der Waals surface area contributed by atoms with E-state index in [1.54, 1.807) is 12.1 Å². The van der Waals surface area contributed by atoms with E-state index in [0.29, 0.717) is 22.2 Å². The maximum absolute atomic E-state index is 12.7. The number of hydrogen-bond donors (Lipinski definition) is 1. The summed E-state index contributed by atoms with van der Waals surface area (Å²) in [5.74, 6) is 0.369. The van der Waals surface area contributed by atoms with Crippen LogP contribution in [0.2, 0.25) is 5.02 Å². The van der Waals surface area contributed by atoms with E-state index < -0.39 is 5.25 Å². The van der Waals surface area contributed by atoms with Gasteiger partial charge < -0.3 is 9.73 Å². The van der Waals surface area contributed by atoms with E-state index in [4.69, 9.17) is 16.0 Å². The standard InChI is InChI=1S/C19H16ClN3O2S/c20-14-8-6-13(7-9-14)18-22-23-19(25-18)26-16(12-4-2-1-3-5-12)17(24)21-15-10-11-15/h1-9,15-16H,10-11H2,(H,21,24)/t16-/m1/s1. The van der Waals surface area contributed by atoms with Gasteiger partial charge >= 0.3 is 0 Å². The molecule has 1 heterocycles. The lowest BCUT2D eigenvalue weighted by Gasteiger charge is -2.14. The number of hydrogen-bond acceptors (Lipinski definition) is 5. The van der Waals surface area contributed by atoms with E-state index in [9.17, 15) is 4.79 Å². The van der Waals surface area contributed by atoms with Gasteiger partial charge in [0.25, 0.3) is 5.22 Å². The van der Waals surface area contributed by atoms with Crippen LogP contribution in [0.5, 0.6) is 0 Å². The maximum atomic E-state index is 12.7. The van der Waals surface area contributed by atoms with Crippen molar-refractivity contribution in [1.29, 1.82) is 0 Å². The molecule has 1 fully saturated rings. The number of carbonyl (C=O) groups excluding carboxylic acids is 1. The summed E-state index contributed by atoms with van der Waals surface area (Å²) in [5.41, 5.74) is 1.69. The van der Waals surface area contributed by atoms with E-state index >= 15 is 0 Å². The summed E-state index contributed by atoms with van der Waals surface area (Å²) in [7, 11) is 0. The molecular formula is C19H16ClN3O2S. The number of amides is 1. The van der Waals surface area contributed by atoms with Gasteiger partial charge in [0, 0.05) is 16.6 Å². The van der Waals surface area contributed by atoms with E-state index in [-0.39, 0.29) is 5.91 Å². The Morgan fingerprint density at radius 2 is 1.85 bits per heavy atom. The van der Waals surface area contributed by atoms with Gasteiger partial charge in [-0.1, -0.05) is 41.9 Å². The molecule has 1 aliphatic carbocycles. The molecule has 0 aliphatic heterocycles. The molecule has 132 valence electrons. The third kappa shape index (κ3) is 4.08. The van der Waals surface area contributed by atoms with Crippen LogP contribution in [0, 0.1) is 0 Å². The van der Waals surface area contributed by atoms with E-state index in [1.165, 1.54) is 11.8 Å². The Hall–Kier alpha value is -2.31. The lowest BCUT2D eigenvalue weighted by molar-refractivity contribution is -0.120. The van der Waals surface area contributed by atoms with Gasteiger partial charge in [-0.15, -0.1) is 10.2 Å². The molecule has 0 spiro atoms. The maximum Gasteiger partial charge on any atom is 0.277 e. The minimum absolute atomic E-state index is 0.0325. The Labute approximate surface area is 160 Å². The second kappa shape index (κ2) is 7.51. The average Bonchev–Trinajstić information content (AvgIpc) is 3.35. The molecule has 0 unspecified atom stereocenters. The zero-order chi connectivity index (χ0) is 17.9. The van der Waals surface area contributed by atoms with Crippen LogP contribution in [-0.2, 0) is 4.79 Å². The molecule has 26 heavy (non-hydrogen) atoms. The first kappa shape index (κ1) is 17.1. The number of rotatable bonds is 6. The molecule has 1 aromatic heterocycles. The van der Waals surface area contributed by atoms with Crippen LogP contribution < -0.4 is 5.32 Å². The molecule has 1 atom stereocenters. The normalized spacial score (nSPS) is 14.8. The van der Waals surface area contributed by atoms with Crippen molar-refractivity contribution in [3.05, 3.63) is 65.2 Å². The van der Waals surface area contributed by atoms with Gasteiger partial charge in [-0.25, -0.2) is 0 Å². The van der Waals surface area contributed by atoms with Crippen LogP contribution in [0.3, 0.4) is 0 Å². The molecule has 0 bridgehead atoms. The van der Waals surface area contributed by atoms with Gasteiger partial charge in [0.15, 0.2) is 0 Å². The number of nitrogens with zero attached hydrogens (tertiary/aromatic N) is 2. The van der Waals surface area contributed by atoms with Crippen LogP contribution in [0.15, 0.2) is 64.2 Å². The van der Waals surface area contributed by atoms with E-state index in [1.807, 2.05) is 42.5 Å². The highest BCUT2D eigenvalue weighted by Crippen LogP contribution is 2.36. The smallest absolute Gasteiger partial charge is 0.277 e. The van der Waals surface area contributed by atoms with E-state index in [2.05, 4.69) is 15.5 Å². The van der Waals surface area contributed by atoms with Crippen LogP contribution in [0.25, 0.3) is 11.5 Å². The fourth-order valence-corrected chi connectivity index (χ4v) is 3.48. The van der Waals surface area contributed by atoms with Gasteiger partial charge in [-0.3, -0.25) is 4.79 Å². The first-order chi connectivity index (χ1) is 12.7. The van der Waals surface area contributed by atoms with Crippen molar-refractivity contribution in [2.45, 2.75) is 29.4 Å². The summed E-state index contributed by atoms with van der Waals surface area (Å²) in [6, 6.07) is 17.1. The molecule has 2 aromatic carbocycles. The van der Waals surface area contributed by atoms with Crippen molar-refractivity contribution < 1.29 is 9.21 Å². The molecule has 7 heteroatoms. The predicted octanol–water partition coefficient (Wildman–Crippen LogP) is 4.50. The Morgan fingerprint density at radius 3 is 2.54 bits per heavy atom. The minimum Gasteiger partial charge on any atom is -0.411 e. The highest BCUT2D eigenvalue weighted by Gasteiger charge is 2.30. The molecule has 5 nitrogen and oxygen atoms in total. The van der Waals surface area contributed by atoms with Crippen molar-refractivity contribution in [3.63, 3.8) is 0 Å². The third-order valence-corrected chi connectivity index (χ3v) is 5.32. The summed E-state index contributed by atoms with van der Waals surface area (Å²) in [4.78, 5) is 12.7.